The maximum absolute atomic E-state index is 13.1. The number of benzene rings is 2. The second kappa shape index (κ2) is 5.60. The second-order valence-electron chi connectivity index (χ2n) is 4.58. The molecular weight excluding hydrogens is 281 g/mol. The fourth-order valence-corrected chi connectivity index (χ4v) is 2.31. The number of aldehydes is 1. The standard InChI is InChI=1S/C16H13F3O2/c1-10-7-11(8-12(9-20)15(10)21-2)13-5-3-4-6-14(13)16(17,18)19/h3-9H,1-2H3. The Kier molecular flexibility index (Phi) is 4.02. The van der Waals surface area contributed by atoms with Gasteiger partial charge in [-0.05, 0) is 41.8 Å². The molecule has 0 amide bonds. The molecule has 2 rings (SSSR count). The molecule has 2 aromatic rings. The molecule has 0 aliphatic rings. The molecule has 0 N–H and O–H groups in total. The summed E-state index contributed by atoms with van der Waals surface area (Å²) < 4.78 is 44.3. The third-order valence-corrected chi connectivity index (χ3v) is 3.18. The zero-order valence-corrected chi connectivity index (χ0v) is 11.5. The minimum atomic E-state index is -4.45. The fourth-order valence-electron chi connectivity index (χ4n) is 2.31. The molecule has 0 aliphatic carbocycles. The zero-order valence-electron chi connectivity index (χ0n) is 11.5. The molecule has 0 aliphatic heterocycles. The number of hydrogen-bond donors (Lipinski definition) is 0. The summed E-state index contributed by atoms with van der Waals surface area (Å²) >= 11 is 0. The van der Waals surface area contributed by atoms with Crippen LogP contribution in [0, 0.1) is 6.92 Å². The summed E-state index contributed by atoms with van der Waals surface area (Å²) in [6, 6.07) is 8.27. The zero-order chi connectivity index (χ0) is 15.6. The number of carbonyl (C=O) groups is 1. The lowest BCUT2D eigenvalue weighted by Gasteiger charge is -2.15. The Morgan fingerprint density at radius 3 is 2.38 bits per heavy atom. The number of methoxy groups -OCH3 is 1. The average molecular weight is 294 g/mol. The van der Waals surface area contributed by atoms with Gasteiger partial charge in [-0.15, -0.1) is 0 Å². The van der Waals surface area contributed by atoms with E-state index in [0.29, 0.717) is 23.2 Å². The van der Waals surface area contributed by atoms with Crippen LogP contribution in [0.2, 0.25) is 0 Å². The molecule has 0 spiro atoms. The van der Waals surface area contributed by atoms with E-state index in [1.54, 1.807) is 13.0 Å². The maximum Gasteiger partial charge on any atom is 0.417 e. The number of alkyl halides is 3. The summed E-state index contributed by atoms with van der Waals surface area (Å²) in [5.41, 5.74) is 0.479. The van der Waals surface area contributed by atoms with Crippen LogP contribution in [0.4, 0.5) is 13.2 Å². The highest BCUT2D eigenvalue weighted by atomic mass is 19.4. The minimum Gasteiger partial charge on any atom is -0.496 e. The molecule has 0 saturated carbocycles. The number of rotatable bonds is 3. The monoisotopic (exact) mass is 294 g/mol. The molecule has 0 heterocycles. The summed E-state index contributed by atoms with van der Waals surface area (Å²) in [6.45, 7) is 1.69. The summed E-state index contributed by atoms with van der Waals surface area (Å²) in [5.74, 6) is 0.373. The van der Waals surface area contributed by atoms with Gasteiger partial charge in [0.2, 0.25) is 0 Å². The van der Waals surface area contributed by atoms with Crippen molar-refractivity contribution in [2.75, 3.05) is 7.11 Å². The lowest BCUT2D eigenvalue weighted by molar-refractivity contribution is -0.137. The van der Waals surface area contributed by atoms with Crippen molar-refractivity contribution in [3.63, 3.8) is 0 Å². The van der Waals surface area contributed by atoms with Gasteiger partial charge >= 0.3 is 6.18 Å². The number of halogens is 3. The number of ether oxygens (including phenoxy) is 1. The van der Waals surface area contributed by atoms with E-state index in [9.17, 15) is 18.0 Å². The van der Waals surface area contributed by atoms with Crippen molar-refractivity contribution in [2.24, 2.45) is 0 Å². The Labute approximate surface area is 120 Å². The smallest absolute Gasteiger partial charge is 0.417 e. The SMILES string of the molecule is COc1c(C)cc(-c2ccccc2C(F)(F)F)cc1C=O. The first kappa shape index (κ1) is 15.1. The molecule has 0 fully saturated rings. The average Bonchev–Trinajstić information content (AvgIpc) is 2.45. The first-order valence-corrected chi connectivity index (χ1v) is 6.19. The van der Waals surface area contributed by atoms with Crippen molar-refractivity contribution >= 4 is 6.29 Å². The molecule has 0 unspecified atom stereocenters. The van der Waals surface area contributed by atoms with Crippen LogP contribution in [0.1, 0.15) is 21.5 Å². The molecule has 2 nitrogen and oxygen atoms in total. The van der Waals surface area contributed by atoms with Crippen LogP contribution in [0.5, 0.6) is 5.75 Å². The molecule has 0 aromatic heterocycles. The van der Waals surface area contributed by atoms with Crippen LogP contribution in [-0.4, -0.2) is 13.4 Å². The van der Waals surface area contributed by atoms with Crippen molar-refractivity contribution in [2.45, 2.75) is 13.1 Å². The van der Waals surface area contributed by atoms with Crippen molar-refractivity contribution in [1.82, 2.24) is 0 Å². The molecule has 0 saturated heterocycles. The molecule has 21 heavy (non-hydrogen) atoms. The van der Waals surface area contributed by atoms with Crippen LogP contribution in [0.25, 0.3) is 11.1 Å². The summed E-state index contributed by atoms with van der Waals surface area (Å²) in [7, 11) is 1.42. The van der Waals surface area contributed by atoms with E-state index in [4.69, 9.17) is 4.74 Å². The highest BCUT2D eigenvalue weighted by Gasteiger charge is 2.33. The number of hydrogen-bond acceptors (Lipinski definition) is 2. The van der Waals surface area contributed by atoms with E-state index in [0.717, 1.165) is 6.07 Å². The first-order valence-electron chi connectivity index (χ1n) is 6.19. The predicted octanol–water partition coefficient (Wildman–Crippen LogP) is 4.50. The van der Waals surface area contributed by atoms with Gasteiger partial charge in [0.1, 0.15) is 5.75 Å². The van der Waals surface area contributed by atoms with Crippen LogP contribution in [0.3, 0.4) is 0 Å². The van der Waals surface area contributed by atoms with E-state index in [1.807, 2.05) is 0 Å². The molecule has 110 valence electrons. The van der Waals surface area contributed by atoms with Gasteiger partial charge in [-0.1, -0.05) is 18.2 Å². The predicted molar refractivity (Wildman–Crippen MR) is 73.6 cm³/mol. The van der Waals surface area contributed by atoms with Gasteiger partial charge in [0.05, 0.1) is 18.2 Å². The van der Waals surface area contributed by atoms with E-state index in [1.165, 1.54) is 31.4 Å². The molecule has 0 bridgehead atoms. The highest BCUT2D eigenvalue weighted by molar-refractivity contribution is 5.84. The Morgan fingerprint density at radius 1 is 1.14 bits per heavy atom. The number of aryl methyl sites for hydroxylation is 1. The lowest BCUT2D eigenvalue weighted by atomic mass is 9.95. The van der Waals surface area contributed by atoms with Crippen LogP contribution in [0.15, 0.2) is 36.4 Å². The summed E-state index contributed by atoms with van der Waals surface area (Å²) in [6.07, 6.45) is -3.88. The Balaban J connectivity index is 2.69. The summed E-state index contributed by atoms with van der Waals surface area (Å²) in [5, 5.41) is 0. The van der Waals surface area contributed by atoms with Gasteiger partial charge in [0, 0.05) is 0 Å². The van der Waals surface area contributed by atoms with Gasteiger partial charge in [-0.3, -0.25) is 4.79 Å². The van der Waals surface area contributed by atoms with E-state index >= 15 is 0 Å². The van der Waals surface area contributed by atoms with Gasteiger partial charge in [-0.2, -0.15) is 13.2 Å². The van der Waals surface area contributed by atoms with Crippen molar-refractivity contribution in [3.8, 4) is 16.9 Å². The Hall–Kier alpha value is -2.30. The van der Waals surface area contributed by atoms with Gasteiger partial charge in [0.15, 0.2) is 6.29 Å². The Morgan fingerprint density at radius 2 is 1.81 bits per heavy atom. The lowest BCUT2D eigenvalue weighted by Crippen LogP contribution is -2.07. The van der Waals surface area contributed by atoms with Crippen LogP contribution < -0.4 is 4.74 Å². The van der Waals surface area contributed by atoms with E-state index in [-0.39, 0.29) is 11.1 Å². The fraction of sp³-hybridized carbons (Fsp3) is 0.188. The molecule has 0 atom stereocenters. The van der Waals surface area contributed by atoms with Gasteiger partial charge < -0.3 is 4.74 Å². The van der Waals surface area contributed by atoms with E-state index in [2.05, 4.69) is 0 Å². The second-order valence-corrected chi connectivity index (χ2v) is 4.58. The topological polar surface area (TPSA) is 26.3 Å². The normalized spacial score (nSPS) is 11.3. The van der Waals surface area contributed by atoms with Gasteiger partial charge in [-0.25, -0.2) is 0 Å². The minimum absolute atomic E-state index is 0.0406. The van der Waals surface area contributed by atoms with Gasteiger partial charge in [0.25, 0.3) is 0 Å². The van der Waals surface area contributed by atoms with Crippen molar-refractivity contribution in [1.29, 1.82) is 0 Å². The molecule has 2 aromatic carbocycles. The first-order chi connectivity index (χ1) is 9.88. The van der Waals surface area contributed by atoms with Crippen molar-refractivity contribution in [3.05, 3.63) is 53.1 Å². The van der Waals surface area contributed by atoms with Crippen LogP contribution >= 0.6 is 0 Å². The Bertz CT molecular complexity index is 676. The molecule has 0 radical (unpaired) electrons. The number of carbonyl (C=O) groups excluding carboxylic acids is 1. The molecule has 5 heteroatoms. The maximum atomic E-state index is 13.1. The summed E-state index contributed by atoms with van der Waals surface area (Å²) in [4.78, 5) is 11.1. The van der Waals surface area contributed by atoms with Crippen LogP contribution in [-0.2, 0) is 6.18 Å². The third kappa shape index (κ3) is 2.91. The largest absolute Gasteiger partial charge is 0.496 e. The van der Waals surface area contributed by atoms with E-state index < -0.39 is 11.7 Å². The third-order valence-electron chi connectivity index (χ3n) is 3.18. The molecular formula is C16H13F3O2. The van der Waals surface area contributed by atoms with Crippen molar-refractivity contribution < 1.29 is 22.7 Å². The highest BCUT2D eigenvalue weighted by Crippen LogP contribution is 2.38. The quantitative estimate of drug-likeness (QED) is 0.779.